The lowest BCUT2D eigenvalue weighted by molar-refractivity contribution is 0.196. The smallest absolute Gasteiger partial charge is 0.198 e. The second-order valence-corrected chi connectivity index (χ2v) is 5.05. The van der Waals surface area contributed by atoms with Gasteiger partial charge in [0.05, 0.1) is 19.2 Å². The van der Waals surface area contributed by atoms with Crippen LogP contribution in [0.25, 0.3) is 10.9 Å². The largest absolute Gasteiger partial charge is 0.493 e. The molecule has 3 rings (SSSR count). The zero-order chi connectivity index (χ0) is 17.8. The second-order valence-electron chi connectivity index (χ2n) is 5.05. The Morgan fingerprint density at radius 1 is 1.04 bits per heavy atom. The van der Waals surface area contributed by atoms with E-state index in [1.165, 1.54) is 25.4 Å². The van der Waals surface area contributed by atoms with Crippen LogP contribution in [0.3, 0.4) is 0 Å². The lowest BCUT2D eigenvalue weighted by atomic mass is 10.1. The fraction of sp³-hybridized carbons (Fsp3) is 0.167. The van der Waals surface area contributed by atoms with Gasteiger partial charge in [0.15, 0.2) is 28.9 Å². The number of methoxy groups -OCH3 is 1. The number of aromatic nitrogens is 1. The first kappa shape index (κ1) is 16.9. The Morgan fingerprint density at radius 2 is 1.80 bits per heavy atom. The van der Waals surface area contributed by atoms with Crippen LogP contribution >= 0.6 is 0 Å². The summed E-state index contributed by atoms with van der Waals surface area (Å²) in [7, 11) is 1.47. The lowest BCUT2D eigenvalue weighted by Crippen LogP contribution is -2.03. The molecule has 0 saturated heterocycles. The first-order valence-corrected chi connectivity index (χ1v) is 7.46. The highest BCUT2D eigenvalue weighted by atomic mass is 19.1. The second kappa shape index (κ2) is 7.31. The number of pyridine rings is 1. The highest BCUT2D eigenvalue weighted by molar-refractivity contribution is 5.88. The Morgan fingerprint density at radius 3 is 2.48 bits per heavy atom. The van der Waals surface area contributed by atoms with Crippen molar-refractivity contribution in [2.75, 3.05) is 20.3 Å². The number of benzene rings is 2. The number of aliphatic hydroxyl groups excluding tert-OH is 1. The minimum atomic E-state index is -0.810. The minimum absolute atomic E-state index is 0.0697. The summed E-state index contributed by atoms with van der Waals surface area (Å²) in [5, 5.41) is 9.41. The van der Waals surface area contributed by atoms with Crippen molar-refractivity contribution < 1.29 is 28.1 Å². The summed E-state index contributed by atoms with van der Waals surface area (Å²) in [5.74, 6) is -1.13. The van der Waals surface area contributed by atoms with Crippen LogP contribution < -0.4 is 14.2 Å². The molecule has 0 amide bonds. The molecule has 7 heteroatoms. The van der Waals surface area contributed by atoms with Crippen LogP contribution in [0.5, 0.6) is 23.0 Å². The molecule has 1 heterocycles. The fourth-order valence-corrected chi connectivity index (χ4v) is 2.34. The van der Waals surface area contributed by atoms with Gasteiger partial charge in [-0.2, -0.15) is 0 Å². The van der Waals surface area contributed by atoms with Crippen molar-refractivity contribution in [1.82, 2.24) is 4.98 Å². The summed E-state index contributed by atoms with van der Waals surface area (Å²) in [6.45, 7) is -0.0989. The van der Waals surface area contributed by atoms with Gasteiger partial charge in [-0.1, -0.05) is 6.07 Å². The minimum Gasteiger partial charge on any atom is -0.493 e. The maximum atomic E-state index is 13.8. The van der Waals surface area contributed by atoms with Crippen molar-refractivity contribution >= 4 is 10.9 Å². The molecule has 5 nitrogen and oxygen atoms in total. The Labute approximate surface area is 142 Å². The highest BCUT2D eigenvalue weighted by Gasteiger charge is 2.15. The Balaban J connectivity index is 2.09. The molecule has 3 aromatic rings. The molecule has 0 unspecified atom stereocenters. The standard InChI is InChI=1S/C18H15F2NO4/c1-23-16-10-14-11(9-17(16)24-8-7-22)15(5-6-21-14)25-18-12(19)3-2-4-13(18)20/h2-6,9-10,22H,7-8H2,1H3. The normalized spacial score (nSPS) is 10.7. The van der Waals surface area contributed by atoms with Crippen molar-refractivity contribution in [2.45, 2.75) is 0 Å². The summed E-state index contributed by atoms with van der Waals surface area (Å²) < 4.78 is 43.8. The summed E-state index contributed by atoms with van der Waals surface area (Å²) in [5.41, 5.74) is 0.502. The van der Waals surface area contributed by atoms with E-state index in [1.54, 1.807) is 12.1 Å². The van der Waals surface area contributed by atoms with Crippen LogP contribution in [-0.4, -0.2) is 30.4 Å². The molecule has 0 fully saturated rings. The van der Waals surface area contributed by atoms with E-state index < -0.39 is 17.4 Å². The zero-order valence-corrected chi connectivity index (χ0v) is 13.3. The molecule has 0 aliphatic carbocycles. The van der Waals surface area contributed by atoms with Gasteiger partial charge >= 0.3 is 0 Å². The number of ether oxygens (including phenoxy) is 3. The lowest BCUT2D eigenvalue weighted by Gasteiger charge is -2.14. The van der Waals surface area contributed by atoms with Crippen molar-refractivity contribution in [1.29, 1.82) is 0 Å². The highest BCUT2D eigenvalue weighted by Crippen LogP contribution is 2.38. The Kier molecular flexibility index (Phi) is 4.95. The van der Waals surface area contributed by atoms with Crippen molar-refractivity contribution in [3.8, 4) is 23.0 Å². The molecule has 0 bridgehead atoms. The van der Waals surface area contributed by atoms with Gasteiger partial charge in [0.25, 0.3) is 0 Å². The molecular weight excluding hydrogens is 332 g/mol. The van der Waals surface area contributed by atoms with E-state index in [-0.39, 0.29) is 19.0 Å². The molecule has 0 saturated carbocycles. The summed E-state index contributed by atoms with van der Waals surface area (Å²) in [6, 6.07) is 8.18. The summed E-state index contributed by atoms with van der Waals surface area (Å²) in [4.78, 5) is 4.21. The monoisotopic (exact) mass is 347 g/mol. The molecule has 2 aromatic carbocycles. The molecule has 25 heavy (non-hydrogen) atoms. The van der Waals surface area contributed by atoms with Gasteiger partial charge in [-0.25, -0.2) is 8.78 Å². The third-order valence-corrected chi connectivity index (χ3v) is 3.47. The van der Waals surface area contributed by atoms with Gasteiger partial charge < -0.3 is 19.3 Å². The van der Waals surface area contributed by atoms with E-state index in [9.17, 15) is 8.78 Å². The number of hydrogen-bond acceptors (Lipinski definition) is 5. The number of nitrogens with zero attached hydrogens (tertiary/aromatic N) is 1. The third kappa shape index (κ3) is 3.46. The Hall–Kier alpha value is -2.93. The number of halogens is 2. The van der Waals surface area contributed by atoms with Gasteiger partial charge in [-0.05, 0) is 24.3 Å². The first-order chi connectivity index (χ1) is 12.1. The maximum Gasteiger partial charge on any atom is 0.198 e. The van der Waals surface area contributed by atoms with Crippen molar-refractivity contribution in [3.63, 3.8) is 0 Å². The molecule has 0 radical (unpaired) electrons. The average molecular weight is 347 g/mol. The molecule has 0 aliphatic rings. The maximum absolute atomic E-state index is 13.8. The predicted octanol–water partition coefficient (Wildman–Crippen LogP) is 3.69. The predicted molar refractivity (Wildman–Crippen MR) is 87.3 cm³/mol. The van der Waals surface area contributed by atoms with Gasteiger partial charge in [0.2, 0.25) is 0 Å². The molecule has 0 atom stereocenters. The van der Waals surface area contributed by atoms with E-state index in [4.69, 9.17) is 19.3 Å². The van der Waals surface area contributed by atoms with E-state index in [1.807, 2.05) is 0 Å². The molecule has 130 valence electrons. The topological polar surface area (TPSA) is 60.8 Å². The summed E-state index contributed by atoms with van der Waals surface area (Å²) >= 11 is 0. The van der Waals surface area contributed by atoms with Crippen LogP contribution in [-0.2, 0) is 0 Å². The SMILES string of the molecule is COc1cc2nccc(Oc3c(F)cccc3F)c2cc1OCCO. The first-order valence-electron chi connectivity index (χ1n) is 7.46. The molecule has 0 aliphatic heterocycles. The molecule has 1 aromatic heterocycles. The number of para-hydroxylation sites is 1. The van der Waals surface area contributed by atoms with E-state index >= 15 is 0 Å². The number of aliphatic hydroxyl groups is 1. The number of hydrogen-bond donors (Lipinski definition) is 1. The van der Waals surface area contributed by atoms with Gasteiger partial charge in [-0.3, -0.25) is 4.98 Å². The van der Waals surface area contributed by atoms with Gasteiger partial charge in [-0.15, -0.1) is 0 Å². The molecule has 0 spiro atoms. The third-order valence-electron chi connectivity index (χ3n) is 3.47. The average Bonchev–Trinajstić information content (AvgIpc) is 2.62. The van der Waals surface area contributed by atoms with Crippen molar-refractivity contribution in [2.24, 2.45) is 0 Å². The quantitative estimate of drug-likeness (QED) is 0.737. The van der Waals surface area contributed by atoms with Gasteiger partial charge in [0.1, 0.15) is 12.4 Å². The molecule has 1 N–H and O–H groups in total. The van der Waals surface area contributed by atoms with Crippen LogP contribution in [0.4, 0.5) is 8.78 Å². The molecular formula is C18H15F2NO4. The van der Waals surface area contributed by atoms with Crippen LogP contribution in [0.15, 0.2) is 42.6 Å². The zero-order valence-electron chi connectivity index (χ0n) is 13.3. The number of fused-ring (bicyclic) bond motifs is 1. The van der Waals surface area contributed by atoms with E-state index in [0.717, 1.165) is 12.1 Å². The number of rotatable bonds is 6. The van der Waals surface area contributed by atoms with E-state index in [0.29, 0.717) is 22.4 Å². The van der Waals surface area contributed by atoms with Gasteiger partial charge in [0, 0.05) is 17.6 Å². The van der Waals surface area contributed by atoms with Crippen LogP contribution in [0.1, 0.15) is 0 Å². The van der Waals surface area contributed by atoms with Crippen molar-refractivity contribution in [3.05, 3.63) is 54.2 Å². The van der Waals surface area contributed by atoms with Crippen LogP contribution in [0, 0.1) is 11.6 Å². The van der Waals surface area contributed by atoms with Crippen LogP contribution in [0.2, 0.25) is 0 Å². The summed E-state index contributed by atoms with van der Waals surface area (Å²) in [6.07, 6.45) is 1.46. The van der Waals surface area contributed by atoms with E-state index in [2.05, 4.69) is 4.98 Å². The Bertz CT molecular complexity index is 881. The fourth-order valence-electron chi connectivity index (χ4n) is 2.34.